The molecule has 1 amide bonds. The molecule has 2 atom stereocenters. The van der Waals surface area contributed by atoms with Crippen LogP contribution in [0.5, 0.6) is 5.75 Å². The van der Waals surface area contributed by atoms with E-state index in [1.165, 1.54) is 24.3 Å². The first-order valence-electron chi connectivity index (χ1n) is 5.38. The number of nitrogens with one attached hydrogen (secondary N) is 1. The van der Waals surface area contributed by atoms with Gasteiger partial charge in [-0.25, -0.2) is 4.79 Å². The zero-order valence-electron chi connectivity index (χ0n) is 9.83. The molecule has 18 heavy (non-hydrogen) atoms. The Hall–Kier alpha value is -1.69. The number of carbonyl (C=O) groups excluding carboxylic acids is 1. The maximum atomic E-state index is 11.7. The van der Waals surface area contributed by atoms with E-state index in [1.54, 1.807) is 6.92 Å². The maximum absolute atomic E-state index is 11.7. The van der Waals surface area contributed by atoms with Gasteiger partial charge in [-0.2, -0.15) is 12.6 Å². The number of rotatable bonds is 5. The highest BCUT2D eigenvalue weighted by Crippen LogP contribution is 2.17. The molecular formula is C12H15NO4S. The molecule has 6 heteroatoms. The van der Waals surface area contributed by atoms with E-state index in [4.69, 9.17) is 10.2 Å². The summed E-state index contributed by atoms with van der Waals surface area (Å²) >= 11 is 3.99. The van der Waals surface area contributed by atoms with Gasteiger partial charge in [0.05, 0.1) is 0 Å². The molecule has 0 saturated heterocycles. The largest absolute Gasteiger partial charge is 0.508 e. The van der Waals surface area contributed by atoms with Crippen LogP contribution < -0.4 is 5.32 Å². The molecule has 0 unspecified atom stereocenters. The monoisotopic (exact) mass is 269 g/mol. The number of thiol groups is 1. The fourth-order valence-electron chi connectivity index (χ4n) is 1.32. The molecule has 0 aliphatic rings. The number of phenols is 1. The lowest BCUT2D eigenvalue weighted by molar-refractivity contribution is -0.142. The van der Waals surface area contributed by atoms with Gasteiger partial charge in [-0.1, -0.05) is 19.1 Å². The van der Waals surface area contributed by atoms with Crippen LogP contribution in [-0.2, 0) is 9.59 Å². The van der Waals surface area contributed by atoms with Gasteiger partial charge in [-0.3, -0.25) is 4.79 Å². The minimum Gasteiger partial charge on any atom is -0.508 e. The van der Waals surface area contributed by atoms with Crippen LogP contribution in [-0.4, -0.2) is 27.8 Å². The fraction of sp³-hybridized carbons (Fsp3) is 0.333. The predicted molar refractivity (Wildman–Crippen MR) is 69.6 cm³/mol. The Morgan fingerprint density at radius 3 is 2.33 bits per heavy atom. The molecule has 0 aliphatic carbocycles. The van der Waals surface area contributed by atoms with E-state index in [2.05, 4.69) is 17.9 Å². The second-order valence-corrected chi connectivity index (χ2v) is 4.32. The summed E-state index contributed by atoms with van der Waals surface area (Å²) < 4.78 is 0. The van der Waals surface area contributed by atoms with E-state index in [1.807, 2.05) is 0 Å². The zero-order valence-corrected chi connectivity index (χ0v) is 10.7. The normalized spacial score (nSPS) is 13.7. The van der Waals surface area contributed by atoms with Crippen LogP contribution in [0.2, 0.25) is 0 Å². The number of benzene rings is 1. The average molecular weight is 269 g/mol. The van der Waals surface area contributed by atoms with Crippen molar-refractivity contribution in [1.29, 1.82) is 0 Å². The number of amides is 1. The summed E-state index contributed by atoms with van der Waals surface area (Å²) in [6, 6.07) is 4.54. The molecule has 1 aromatic carbocycles. The quantitative estimate of drug-likeness (QED) is 0.605. The number of carboxylic acid groups (broad SMARTS) is 1. The third-order valence-electron chi connectivity index (χ3n) is 2.48. The number of hydrogen-bond donors (Lipinski definition) is 4. The van der Waals surface area contributed by atoms with Crippen molar-refractivity contribution in [2.75, 3.05) is 5.75 Å². The summed E-state index contributed by atoms with van der Waals surface area (Å²) in [6.07, 6.45) is 0. The molecule has 0 bridgehead atoms. The first kappa shape index (κ1) is 14.4. The van der Waals surface area contributed by atoms with Crippen molar-refractivity contribution in [3.63, 3.8) is 0 Å². The van der Waals surface area contributed by atoms with Gasteiger partial charge in [0, 0.05) is 11.7 Å². The second-order valence-electron chi connectivity index (χ2n) is 3.95. The van der Waals surface area contributed by atoms with Crippen LogP contribution >= 0.6 is 12.6 Å². The molecule has 98 valence electrons. The molecule has 0 radical (unpaired) electrons. The van der Waals surface area contributed by atoms with Crippen molar-refractivity contribution < 1.29 is 19.8 Å². The van der Waals surface area contributed by atoms with Crippen LogP contribution in [0.1, 0.15) is 18.5 Å². The number of carboxylic acids is 1. The van der Waals surface area contributed by atoms with Crippen LogP contribution in [0.4, 0.5) is 0 Å². The van der Waals surface area contributed by atoms with Crippen LogP contribution in [0, 0.1) is 5.92 Å². The van der Waals surface area contributed by atoms with Gasteiger partial charge in [0.1, 0.15) is 5.75 Å². The van der Waals surface area contributed by atoms with Gasteiger partial charge in [0.2, 0.25) is 5.91 Å². The Labute approximate surface area is 110 Å². The summed E-state index contributed by atoms with van der Waals surface area (Å²) in [5.41, 5.74) is 0.403. The highest BCUT2D eigenvalue weighted by Gasteiger charge is 2.23. The van der Waals surface area contributed by atoms with Crippen molar-refractivity contribution in [3.05, 3.63) is 29.8 Å². The lowest BCUT2D eigenvalue weighted by Crippen LogP contribution is -2.37. The van der Waals surface area contributed by atoms with Crippen molar-refractivity contribution >= 4 is 24.5 Å². The van der Waals surface area contributed by atoms with Gasteiger partial charge in [0.25, 0.3) is 0 Å². The number of phenolic OH excluding ortho intramolecular Hbond substituents is 1. The number of aliphatic carboxylic acids is 1. The van der Waals surface area contributed by atoms with E-state index in [0.29, 0.717) is 11.3 Å². The Morgan fingerprint density at radius 2 is 1.89 bits per heavy atom. The fourth-order valence-corrected chi connectivity index (χ4v) is 1.49. The third-order valence-corrected chi connectivity index (χ3v) is 3.03. The van der Waals surface area contributed by atoms with Crippen LogP contribution in [0.25, 0.3) is 0 Å². The molecule has 5 nitrogen and oxygen atoms in total. The van der Waals surface area contributed by atoms with Gasteiger partial charge in [-0.15, -0.1) is 0 Å². The number of hydrogen-bond acceptors (Lipinski definition) is 4. The Balaban J connectivity index is 2.87. The molecule has 3 N–H and O–H groups in total. The highest BCUT2D eigenvalue weighted by atomic mass is 32.1. The van der Waals surface area contributed by atoms with Gasteiger partial charge < -0.3 is 15.5 Å². The predicted octanol–water partition coefficient (Wildman–Crippen LogP) is 1.20. The third kappa shape index (κ3) is 3.66. The van der Waals surface area contributed by atoms with E-state index in [9.17, 15) is 9.59 Å². The molecule has 0 aliphatic heterocycles. The van der Waals surface area contributed by atoms with E-state index < -0.39 is 12.0 Å². The molecule has 0 fully saturated rings. The molecule has 1 aromatic rings. The lowest BCUT2D eigenvalue weighted by atomic mass is 10.1. The average Bonchev–Trinajstić information content (AvgIpc) is 2.35. The van der Waals surface area contributed by atoms with Crippen molar-refractivity contribution in [3.8, 4) is 5.75 Å². The SMILES string of the molecule is C[C@H](CS)C(=O)N[C@H](C(=O)O)c1ccc(O)cc1. The molecule has 0 heterocycles. The topological polar surface area (TPSA) is 86.6 Å². The second kappa shape index (κ2) is 6.30. The van der Waals surface area contributed by atoms with Gasteiger partial charge >= 0.3 is 5.97 Å². The number of aromatic hydroxyl groups is 1. The first-order valence-corrected chi connectivity index (χ1v) is 6.02. The summed E-state index contributed by atoms with van der Waals surface area (Å²) in [4.78, 5) is 22.8. The van der Waals surface area contributed by atoms with Crippen LogP contribution in [0.3, 0.4) is 0 Å². The van der Waals surface area contributed by atoms with Crippen molar-refractivity contribution in [1.82, 2.24) is 5.32 Å². The number of carbonyl (C=O) groups is 2. The summed E-state index contributed by atoms with van der Waals surface area (Å²) in [6.45, 7) is 1.66. The minimum atomic E-state index is -1.15. The molecular weight excluding hydrogens is 254 g/mol. The molecule has 0 saturated carbocycles. The molecule has 0 spiro atoms. The van der Waals surface area contributed by atoms with Crippen LogP contribution in [0.15, 0.2) is 24.3 Å². The Bertz CT molecular complexity index is 432. The summed E-state index contributed by atoms with van der Waals surface area (Å²) in [7, 11) is 0. The minimum absolute atomic E-state index is 0.0398. The van der Waals surface area contributed by atoms with E-state index in [0.717, 1.165) is 0 Å². The van der Waals surface area contributed by atoms with E-state index in [-0.39, 0.29) is 17.6 Å². The standard InChI is InChI=1S/C12H15NO4S/c1-7(6-18)11(15)13-10(12(16)17)8-2-4-9(14)5-3-8/h2-5,7,10,14,18H,6H2,1H3,(H,13,15)(H,16,17)/t7-,10+/m1/s1. The van der Waals surface area contributed by atoms with E-state index >= 15 is 0 Å². The maximum Gasteiger partial charge on any atom is 0.330 e. The molecule has 0 aromatic heterocycles. The van der Waals surface area contributed by atoms with Crippen molar-refractivity contribution in [2.45, 2.75) is 13.0 Å². The summed E-state index contributed by atoms with van der Waals surface area (Å²) in [5.74, 6) is -1.51. The smallest absolute Gasteiger partial charge is 0.330 e. The lowest BCUT2D eigenvalue weighted by Gasteiger charge is -2.17. The van der Waals surface area contributed by atoms with Crippen molar-refractivity contribution in [2.24, 2.45) is 5.92 Å². The Morgan fingerprint density at radius 1 is 1.33 bits per heavy atom. The molecule has 1 rings (SSSR count). The zero-order chi connectivity index (χ0) is 13.7. The van der Waals surface area contributed by atoms with Gasteiger partial charge in [0.15, 0.2) is 6.04 Å². The van der Waals surface area contributed by atoms with Gasteiger partial charge in [-0.05, 0) is 17.7 Å². The first-order chi connectivity index (χ1) is 8.45. The highest BCUT2D eigenvalue weighted by molar-refractivity contribution is 7.80. The summed E-state index contributed by atoms with van der Waals surface area (Å²) in [5, 5.41) is 20.7. The Kier molecular flexibility index (Phi) is 5.03.